The van der Waals surface area contributed by atoms with E-state index in [1.807, 2.05) is 20.8 Å². The standard InChI is InChI=1S/C12H23NO3/c1-12(2,3)16-11(15)13-7-9-4-5-10(6-9)8-14/h9-10,14H,4-8H2,1-3H3,(H,13,15)/t9-,10+/m1/s1. The van der Waals surface area contributed by atoms with Crippen LogP contribution in [-0.2, 0) is 4.74 Å². The van der Waals surface area contributed by atoms with Crippen molar-refractivity contribution < 1.29 is 14.6 Å². The van der Waals surface area contributed by atoms with Crippen LogP contribution in [0.25, 0.3) is 0 Å². The summed E-state index contributed by atoms with van der Waals surface area (Å²) in [7, 11) is 0. The molecule has 0 unspecified atom stereocenters. The van der Waals surface area contributed by atoms with Crippen molar-refractivity contribution in [2.24, 2.45) is 11.8 Å². The van der Waals surface area contributed by atoms with Crippen LogP contribution in [-0.4, -0.2) is 30.0 Å². The third kappa shape index (κ3) is 4.84. The van der Waals surface area contributed by atoms with Crippen molar-refractivity contribution in [3.63, 3.8) is 0 Å². The molecule has 1 saturated carbocycles. The van der Waals surface area contributed by atoms with Crippen LogP contribution in [0.5, 0.6) is 0 Å². The van der Waals surface area contributed by atoms with Crippen LogP contribution in [0.2, 0.25) is 0 Å². The van der Waals surface area contributed by atoms with Crippen LogP contribution in [0.3, 0.4) is 0 Å². The van der Waals surface area contributed by atoms with E-state index in [-0.39, 0.29) is 12.7 Å². The normalized spacial score (nSPS) is 25.5. The van der Waals surface area contributed by atoms with E-state index in [1.54, 1.807) is 0 Å². The van der Waals surface area contributed by atoms with Gasteiger partial charge < -0.3 is 15.2 Å². The van der Waals surface area contributed by atoms with Gasteiger partial charge in [-0.1, -0.05) is 0 Å². The zero-order chi connectivity index (χ0) is 12.2. The molecule has 2 N–H and O–H groups in total. The molecule has 1 amide bonds. The summed E-state index contributed by atoms with van der Waals surface area (Å²) in [4.78, 5) is 11.4. The highest BCUT2D eigenvalue weighted by Gasteiger charge is 2.25. The number of aliphatic hydroxyl groups is 1. The zero-order valence-electron chi connectivity index (χ0n) is 10.5. The number of aliphatic hydroxyl groups excluding tert-OH is 1. The number of hydrogen-bond donors (Lipinski definition) is 2. The van der Waals surface area contributed by atoms with Gasteiger partial charge in [0, 0.05) is 13.2 Å². The second-order valence-corrected chi connectivity index (χ2v) is 5.61. The van der Waals surface area contributed by atoms with E-state index < -0.39 is 5.60 Å². The number of amides is 1. The summed E-state index contributed by atoms with van der Waals surface area (Å²) >= 11 is 0. The van der Waals surface area contributed by atoms with E-state index in [9.17, 15) is 4.79 Å². The van der Waals surface area contributed by atoms with Crippen molar-refractivity contribution in [2.75, 3.05) is 13.2 Å². The van der Waals surface area contributed by atoms with Crippen LogP contribution >= 0.6 is 0 Å². The van der Waals surface area contributed by atoms with Gasteiger partial charge in [-0.15, -0.1) is 0 Å². The Morgan fingerprint density at radius 3 is 2.50 bits per heavy atom. The van der Waals surface area contributed by atoms with Gasteiger partial charge in [0.15, 0.2) is 0 Å². The Balaban J connectivity index is 2.18. The minimum atomic E-state index is -0.437. The lowest BCUT2D eigenvalue weighted by molar-refractivity contribution is 0.0519. The minimum absolute atomic E-state index is 0.267. The van der Waals surface area contributed by atoms with Crippen molar-refractivity contribution in [1.82, 2.24) is 5.32 Å². The van der Waals surface area contributed by atoms with Gasteiger partial charge in [0.25, 0.3) is 0 Å². The molecule has 0 aromatic rings. The van der Waals surface area contributed by atoms with Crippen LogP contribution in [0, 0.1) is 11.8 Å². The van der Waals surface area contributed by atoms with Gasteiger partial charge in [-0.05, 0) is 51.9 Å². The lowest BCUT2D eigenvalue weighted by atomic mass is 10.1. The molecule has 0 aromatic carbocycles. The van der Waals surface area contributed by atoms with Crippen molar-refractivity contribution in [1.29, 1.82) is 0 Å². The van der Waals surface area contributed by atoms with Gasteiger partial charge in [-0.25, -0.2) is 4.79 Å². The molecule has 4 heteroatoms. The molecular weight excluding hydrogens is 206 g/mol. The maximum Gasteiger partial charge on any atom is 0.407 e. The third-order valence-electron chi connectivity index (χ3n) is 2.84. The Hall–Kier alpha value is -0.770. The lowest BCUT2D eigenvalue weighted by Gasteiger charge is -2.20. The van der Waals surface area contributed by atoms with Gasteiger partial charge in [0.2, 0.25) is 0 Å². The summed E-state index contributed by atoms with van der Waals surface area (Å²) in [5.74, 6) is 0.912. The fraction of sp³-hybridized carbons (Fsp3) is 0.917. The Kier molecular flexibility index (Phi) is 4.59. The SMILES string of the molecule is CC(C)(C)OC(=O)NC[C@@H]1CC[C@H](CO)C1. The van der Waals surface area contributed by atoms with Crippen LogP contribution in [0.4, 0.5) is 4.79 Å². The number of nitrogens with one attached hydrogen (secondary N) is 1. The molecule has 94 valence electrons. The first-order valence-electron chi connectivity index (χ1n) is 5.98. The largest absolute Gasteiger partial charge is 0.444 e. The summed E-state index contributed by atoms with van der Waals surface area (Å²) in [5, 5.41) is 11.8. The molecule has 0 radical (unpaired) electrons. The van der Waals surface area contributed by atoms with Crippen LogP contribution in [0.15, 0.2) is 0 Å². The number of rotatable bonds is 3. The average Bonchev–Trinajstić information content (AvgIpc) is 2.59. The topological polar surface area (TPSA) is 58.6 Å². The molecule has 1 fully saturated rings. The highest BCUT2D eigenvalue weighted by molar-refractivity contribution is 5.67. The number of alkyl carbamates (subject to hydrolysis) is 1. The molecule has 16 heavy (non-hydrogen) atoms. The molecule has 0 heterocycles. The number of ether oxygens (including phenoxy) is 1. The minimum Gasteiger partial charge on any atom is -0.444 e. The predicted molar refractivity (Wildman–Crippen MR) is 62.2 cm³/mol. The van der Waals surface area contributed by atoms with E-state index in [0.29, 0.717) is 18.4 Å². The fourth-order valence-corrected chi connectivity index (χ4v) is 2.07. The molecule has 1 aliphatic carbocycles. The maximum atomic E-state index is 11.4. The first-order valence-corrected chi connectivity index (χ1v) is 5.98. The molecule has 0 aromatic heterocycles. The second kappa shape index (κ2) is 5.53. The first kappa shape index (κ1) is 13.3. The predicted octanol–water partition coefficient (Wildman–Crippen LogP) is 1.92. The molecule has 1 aliphatic rings. The van der Waals surface area contributed by atoms with Crippen molar-refractivity contribution in [3.8, 4) is 0 Å². The molecule has 4 nitrogen and oxygen atoms in total. The van der Waals surface area contributed by atoms with Gasteiger partial charge in [0.05, 0.1) is 0 Å². The monoisotopic (exact) mass is 229 g/mol. The first-order chi connectivity index (χ1) is 7.40. The second-order valence-electron chi connectivity index (χ2n) is 5.61. The molecule has 0 aliphatic heterocycles. The van der Waals surface area contributed by atoms with Crippen LogP contribution < -0.4 is 5.32 Å². The van der Waals surface area contributed by atoms with Gasteiger partial charge in [-0.3, -0.25) is 0 Å². The van der Waals surface area contributed by atoms with Gasteiger partial charge in [0.1, 0.15) is 5.60 Å². The lowest BCUT2D eigenvalue weighted by Crippen LogP contribution is -2.34. The van der Waals surface area contributed by atoms with Crippen molar-refractivity contribution in [2.45, 2.75) is 45.6 Å². The molecule has 2 atom stereocenters. The average molecular weight is 229 g/mol. The van der Waals surface area contributed by atoms with E-state index in [1.165, 1.54) is 0 Å². The van der Waals surface area contributed by atoms with E-state index in [0.717, 1.165) is 19.3 Å². The van der Waals surface area contributed by atoms with Gasteiger partial charge >= 0.3 is 6.09 Å². The van der Waals surface area contributed by atoms with E-state index in [2.05, 4.69) is 5.32 Å². The van der Waals surface area contributed by atoms with Gasteiger partial charge in [-0.2, -0.15) is 0 Å². The number of carbonyl (C=O) groups excluding carboxylic acids is 1. The smallest absolute Gasteiger partial charge is 0.407 e. The summed E-state index contributed by atoms with van der Waals surface area (Å²) in [5.41, 5.74) is -0.437. The van der Waals surface area contributed by atoms with Crippen molar-refractivity contribution in [3.05, 3.63) is 0 Å². The maximum absolute atomic E-state index is 11.4. The Morgan fingerprint density at radius 2 is 2.00 bits per heavy atom. The quantitative estimate of drug-likeness (QED) is 0.777. The highest BCUT2D eigenvalue weighted by atomic mass is 16.6. The van der Waals surface area contributed by atoms with Crippen LogP contribution in [0.1, 0.15) is 40.0 Å². The highest BCUT2D eigenvalue weighted by Crippen LogP contribution is 2.29. The molecule has 1 rings (SSSR count). The molecule has 0 spiro atoms. The summed E-state index contributed by atoms with van der Waals surface area (Å²) in [6, 6.07) is 0. The Morgan fingerprint density at radius 1 is 1.38 bits per heavy atom. The van der Waals surface area contributed by atoms with E-state index in [4.69, 9.17) is 9.84 Å². The fourth-order valence-electron chi connectivity index (χ4n) is 2.07. The zero-order valence-corrected chi connectivity index (χ0v) is 10.5. The summed E-state index contributed by atoms with van der Waals surface area (Å²) < 4.78 is 5.15. The van der Waals surface area contributed by atoms with Crippen molar-refractivity contribution >= 4 is 6.09 Å². The Labute approximate surface area is 97.4 Å². The number of hydrogen-bond acceptors (Lipinski definition) is 3. The van der Waals surface area contributed by atoms with E-state index >= 15 is 0 Å². The molecule has 0 bridgehead atoms. The molecular formula is C12H23NO3. The number of carbonyl (C=O) groups is 1. The molecule has 0 saturated heterocycles. The third-order valence-corrected chi connectivity index (χ3v) is 2.84. The summed E-state index contributed by atoms with van der Waals surface area (Å²) in [6.45, 7) is 6.48. The summed E-state index contributed by atoms with van der Waals surface area (Å²) in [6.07, 6.45) is 2.81. The Bertz CT molecular complexity index is 235.